The van der Waals surface area contributed by atoms with E-state index >= 15 is 0 Å². The minimum absolute atomic E-state index is 0.404. The summed E-state index contributed by atoms with van der Waals surface area (Å²) in [5.41, 5.74) is 1.33. The molecule has 3 rings (SSSR count). The third kappa shape index (κ3) is 3.82. The molecule has 0 spiro atoms. The summed E-state index contributed by atoms with van der Waals surface area (Å²) in [6.45, 7) is -0.404. The number of anilines is 1. The molecule has 5 nitrogen and oxygen atoms in total. The SMILES string of the molecule is N#Cc1cccc(NC(=O)COC(=O)c2cccc3ccccc23)c1. The van der Waals surface area contributed by atoms with Gasteiger partial charge in [0.1, 0.15) is 0 Å². The predicted molar refractivity (Wildman–Crippen MR) is 94.0 cm³/mol. The molecular formula is C20H14N2O3. The van der Waals surface area contributed by atoms with Crippen molar-refractivity contribution in [2.75, 3.05) is 11.9 Å². The first-order valence-electron chi connectivity index (χ1n) is 7.62. The molecule has 0 heterocycles. The Kier molecular flexibility index (Phi) is 4.72. The molecule has 1 N–H and O–H groups in total. The van der Waals surface area contributed by atoms with Gasteiger partial charge >= 0.3 is 5.97 Å². The highest BCUT2D eigenvalue weighted by molar-refractivity contribution is 6.05. The van der Waals surface area contributed by atoms with Crippen LogP contribution in [0.15, 0.2) is 66.7 Å². The second-order valence-electron chi connectivity index (χ2n) is 5.34. The molecule has 0 saturated heterocycles. The summed E-state index contributed by atoms with van der Waals surface area (Å²) in [6.07, 6.45) is 0. The summed E-state index contributed by atoms with van der Waals surface area (Å²) >= 11 is 0. The number of esters is 1. The molecule has 0 aliphatic heterocycles. The lowest BCUT2D eigenvalue weighted by molar-refractivity contribution is -0.119. The molecule has 3 aromatic carbocycles. The zero-order valence-corrected chi connectivity index (χ0v) is 13.2. The van der Waals surface area contributed by atoms with Crippen LogP contribution in [-0.4, -0.2) is 18.5 Å². The molecule has 5 heteroatoms. The van der Waals surface area contributed by atoms with Crippen molar-refractivity contribution in [1.82, 2.24) is 0 Å². The molecule has 1 amide bonds. The van der Waals surface area contributed by atoms with Gasteiger partial charge in [-0.3, -0.25) is 4.79 Å². The molecule has 0 aliphatic rings. The average Bonchev–Trinajstić information content (AvgIpc) is 2.65. The number of nitrogens with zero attached hydrogens (tertiary/aromatic N) is 1. The maximum Gasteiger partial charge on any atom is 0.339 e. The number of amides is 1. The molecule has 0 aliphatic carbocycles. The number of rotatable bonds is 4. The zero-order chi connectivity index (χ0) is 17.6. The molecule has 0 atom stereocenters. The first-order valence-corrected chi connectivity index (χ1v) is 7.62. The predicted octanol–water partition coefficient (Wildman–Crippen LogP) is 3.51. The Morgan fingerprint density at radius 1 is 1.00 bits per heavy atom. The van der Waals surface area contributed by atoms with E-state index in [9.17, 15) is 9.59 Å². The molecule has 0 fully saturated rings. The van der Waals surface area contributed by atoms with E-state index in [1.54, 1.807) is 36.4 Å². The van der Waals surface area contributed by atoms with E-state index in [1.165, 1.54) is 0 Å². The monoisotopic (exact) mass is 330 g/mol. The van der Waals surface area contributed by atoms with Crippen molar-refractivity contribution in [1.29, 1.82) is 5.26 Å². The van der Waals surface area contributed by atoms with Crippen molar-refractivity contribution < 1.29 is 14.3 Å². The number of nitrogens with one attached hydrogen (secondary N) is 1. The summed E-state index contributed by atoms with van der Waals surface area (Å²) in [6, 6.07) is 21.3. The van der Waals surface area contributed by atoms with Crippen molar-refractivity contribution in [3.05, 3.63) is 77.9 Å². The molecule has 122 valence electrons. The molecule has 0 aromatic heterocycles. The second-order valence-corrected chi connectivity index (χ2v) is 5.34. The summed E-state index contributed by atoms with van der Waals surface area (Å²) < 4.78 is 5.11. The van der Waals surface area contributed by atoms with E-state index in [2.05, 4.69) is 5.32 Å². The standard InChI is InChI=1S/C20H14N2O3/c21-12-14-5-3-8-16(11-14)22-19(23)13-25-20(24)18-10-4-7-15-6-1-2-9-17(15)18/h1-11H,13H2,(H,22,23). The van der Waals surface area contributed by atoms with Crippen LogP contribution in [0.1, 0.15) is 15.9 Å². The number of carbonyl (C=O) groups is 2. The van der Waals surface area contributed by atoms with Gasteiger partial charge in [0.2, 0.25) is 0 Å². The lowest BCUT2D eigenvalue weighted by atomic mass is 10.1. The van der Waals surface area contributed by atoms with Crippen LogP contribution in [0.5, 0.6) is 0 Å². The van der Waals surface area contributed by atoms with Gasteiger partial charge in [-0.15, -0.1) is 0 Å². The normalized spacial score (nSPS) is 10.0. The number of ether oxygens (including phenoxy) is 1. The highest BCUT2D eigenvalue weighted by Crippen LogP contribution is 2.19. The van der Waals surface area contributed by atoms with Gasteiger partial charge in [0, 0.05) is 5.69 Å². The topological polar surface area (TPSA) is 79.2 Å². The summed E-state index contributed by atoms with van der Waals surface area (Å²) in [5, 5.41) is 13.1. The van der Waals surface area contributed by atoms with Crippen molar-refractivity contribution in [3.63, 3.8) is 0 Å². The molecule has 0 bridgehead atoms. The fraction of sp³-hybridized carbons (Fsp3) is 0.0500. The first-order chi connectivity index (χ1) is 12.2. The summed E-state index contributed by atoms with van der Waals surface area (Å²) in [7, 11) is 0. The van der Waals surface area contributed by atoms with Crippen LogP contribution < -0.4 is 5.32 Å². The molecule has 25 heavy (non-hydrogen) atoms. The van der Waals surface area contributed by atoms with Gasteiger partial charge < -0.3 is 10.1 Å². The number of nitriles is 1. The Labute approximate surface area is 144 Å². The van der Waals surface area contributed by atoms with E-state index < -0.39 is 18.5 Å². The van der Waals surface area contributed by atoms with Gasteiger partial charge in [-0.2, -0.15) is 5.26 Å². The minimum atomic E-state index is -0.558. The Hall–Kier alpha value is -3.65. The van der Waals surface area contributed by atoms with Gasteiger partial charge in [0.05, 0.1) is 17.2 Å². The largest absolute Gasteiger partial charge is 0.452 e. The van der Waals surface area contributed by atoms with Crippen molar-refractivity contribution in [2.45, 2.75) is 0 Å². The summed E-state index contributed by atoms with van der Waals surface area (Å²) in [5.74, 6) is -1.03. The zero-order valence-electron chi connectivity index (χ0n) is 13.2. The fourth-order valence-corrected chi connectivity index (χ4v) is 2.48. The maximum absolute atomic E-state index is 12.3. The Morgan fingerprint density at radius 2 is 1.76 bits per heavy atom. The van der Waals surface area contributed by atoms with Crippen molar-refractivity contribution >= 4 is 28.3 Å². The van der Waals surface area contributed by atoms with Gasteiger partial charge in [0.15, 0.2) is 6.61 Å². The van der Waals surface area contributed by atoms with Crippen molar-refractivity contribution in [3.8, 4) is 6.07 Å². The Balaban J connectivity index is 1.65. The lowest BCUT2D eigenvalue weighted by Gasteiger charge is -2.08. The molecule has 3 aromatic rings. The highest BCUT2D eigenvalue weighted by atomic mass is 16.5. The van der Waals surface area contributed by atoms with Crippen LogP contribution in [-0.2, 0) is 9.53 Å². The quantitative estimate of drug-likeness (QED) is 0.743. The molecule has 0 radical (unpaired) electrons. The number of hydrogen-bond acceptors (Lipinski definition) is 4. The van der Waals surface area contributed by atoms with Crippen LogP contribution in [0.4, 0.5) is 5.69 Å². The van der Waals surface area contributed by atoms with Gasteiger partial charge in [-0.05, 0) is 35.0 Å². The third-order valence-electron chi connectivity index (χ3n) is 3.62. The third-order valence-corrected chi connectivity index (χ3v) is 3.62. The van der Waals surface area contributed by atoms with Gasteiger partial charge in [-0.25, -0.2) is 4.79 Å². The second kappa shape index (κ2) is 7.28. The van der Waals surface area contributed by atoms with Crippen LogP contribution >= 0.6 is 0 Å². The molecule has 0 unspecified atom stereocenters. The van der Waals surface area contributed by atoms with Crippen molar-refractivity contribution in [2.24, 2.45) is 0 Å². The van der Waals surface area contributed by atoms with E-state index in [4.69, 9.17) is 10.00 Å². The number of carbonyl (C=O) groups excluding carboxylic acids is 2. The van der Waals surface area contributed by atoms with E-state index in [-0.39, 0.29) is 0 Å². The smallest absolute Gasteiger partial charge is 0.339 e. The number of hydrogen-bond donors (Lipinski definition) is 1. The number of fused-ring (bicyclic) bond motifs is 1. The Morgan fingerprint density at radius 3 is 2.60 bits per heavy atom. The van der Waals surface area contributed by atoms with Crippen LogP contribution in [0.2, 0.25) is 0 Å². The van der Waals surface area contributed by atoms with E-state index in [0.29, 0.717) is 16.8 Å². The average molecular weight is 330 g/mol. The fourth-order valence-electron chi connectivity index (χ4n) is 2.48. The lowest BCUT2D eigenvalue weighted by Crippen LogP contribution is -2.21. The van der Waals surface area contributed by atoms with Crippen LogP contribution in [0.25, 0.3) is 10.8 Å². The summed E-state index contributed by atoms with van der Waals surface area (Å²) in [4.78, 5) is 24.2. The van der Waals surface area contributed by atoms with E-state index in [0.717, 1.165) is 10.8 Å². The number of benzene rings is 3. The minimum Gasteiger partial charge on any atom is -0.452 e. The first kappa shape index (κ1) is 16.2. The highest BCUT2D eigenvalue weighted by Gasteiger charge is 2.13. The maximum atomic E-state index is 12.3. The van der Waals surface area contributed by atoms with Gasteiger partial charge in [0.25, 0.3) is 5.91 Å². The van der Waals surface area contributed by atoms with E-state index in [1.807, 2.05) is 36.4 Å². The molecular weight excluding hydrogens is 316 g/mol. The van der Waals surface area contributed by atoms with Crippen LogP contribution in [0, 0.1) is 11.3 Å². The van der Waals surface area contributed by atoms with Crippen LogP contribution in [0.3, 0.4) is 0 Å². The molecule has 0 saturated carbocycles. The Bertz CT molecular complexity index is 984. The van der Waals surface area contributed by atoms with Gasteiger partial charge in [-0.1, -0.05) is 42.5 Å².